The van der Waals surface area contributed by atoms with Gasteiger partial charge in [-0.1, -0.05) is 27.7 Å². The van der Waals surface area contributed by atoms with E-state index >= 15 is 0 Å². The Kier molecular flexibility index (Phi) is 9.17. The Bertz CT molecular complexity index is 59.0. The maximum atomic E-state index is 2.24. The van der Waals surface area contributed by atoms with Gasteiger partial charge in [-0.05, 0) is 39.8 Å². The summed E-state index contributed by atoms with van der Waals surface area (Å²) < 4.78 is 0. The van der Waals surface area contributed by atoms with Crippen molar-refractivity contribution in [3.63, 3.8) is 0 Å². The highest BCUT2D eigenvalue weighted by atomic mass is 15.1. The van der Waals surface area contributed by atoms with Crippen molar-refractivity contribution in [3.05, 3.63) is 0 Å². The molecule has 0 atom stereocenters. The van der Waals surface area contributed by atoms with Gasteiger partial charge in [0.05, 0.1) is 0 Å². The summed E-state index contributed by atoms with van der Waals surface area (Å²) in [6, 6.07) is 0.685. The molecule has 0 saturated carbocycles. The van der Waals surface area contributed by atoms with Gasteiger partial charge in [0.15, 0.2) is 0 Å². The monoisotopic (exact) mass is 173 g/mol. The molecule has 0 fully saturated rings. The summed E-state index contributed by atoms with van der Waals surface area (Å²) in [6.45, 7) is 13.3. The maximum Gasteiger partial charge on any atom is 0.00324 e. The minimum absolute atomic E-state index is 0.685. The third kappa shape index (κ3) is 12.6. The highest BCUT2D eigenvalue weighted by Gasteiger charge is 1.95. The molecule has 0 aliphatic carbocycles. The van der Waals surface area contributed by atoms with Crippen molar-refractivity contribution < 1.29 is 0 Å². The lowest BCUT2D eigenvalue weighted by molar-refractivity contribution is 0.335. The highest BCUT2D eigenvalue weighted by Crippen LogP contribution is 2.05. The molecule has 0 aromatic carbocycles. The minimum atomic E-state index is 0.685. The molecule has 0 heterocycles. The molecule has 1 heteroatoms. The predicted octanol–water partition coefficient (Wildman–Crippen LogP) is 3.25. The van der Waals surface area contributed by atoms with Crippen molar-refractivity contribution in [2.45, 2.75) is 47.6 Å². The molecule has 0 bridgehead atoms. The molecule has 0 N–H and O–H groups in total. The summed E-state index contributed by atoms with van der Waals surface area (Å²) in [5.41, 5.74) is 0. The zero-order valence-corrected chi connectivity index (χ0v) is 10.2. The van der Waals surface area contributed by atoms with Gasteiger partial charge < -0.3 is 4.90 Å². The van der Waals surface area contributed by atoms with Gasteiger partial charge in [0.25, 0.3) is 0 Å². The Balaban J connectivity index is 0. The highest BCUT2D eigenvalue weighted by molar-refractivity contribution is 4.46. The smallest absolute Gasteiger partial charge is 0.00324 e. The molecule has 0 unspecified atom stereocenters. The van der Waals surface area contributed by atoms with Crippen LogP contribution in [0.4, 0.5) is 0 Å². The van der Waals surface area contributed by atoms with E-state index in [0.717, 1.165) is 11.8 Å². The van der Waals surface area contributed by atoms with Crippen LogP contribution in [0.1, 0.15) is 41.5 Å². The van der Waals surface area contributed by atoms with Crippen LogP contribution >= 0.6 is 0 Å². The van der Waals surface area contributed by atoms with Gasteiger partial charge in [0.2, 0.25) is 0 Å². The van der Waals surface area contributed by atoms with Gasteiger partial charge in [-0.25, -0.2) is 0 Å². The van der Waals surface area contributed by atoms with Crippen molar-refractivity contribution in [2.75, 3.05) is 14.1 Å². The van der Waals surface area contributed by atoms with Gasteiger partial charge >= 0.3 is 0 Å². The molecule has 0 aliphatic rings. The van der Waals surface area contributed by atoms with Gasteiger partial charge in [-0.15, -0.1) is 0 Å². The molecule has 0 aromatic rings. The summed E-state index contributed by atoms with van der Waals surface area (Å²) >= 11 is 0. The Morgan fingerprint density at radius 1 is 0.667 bits per heavy atom. The zero-order chi connectivity index (χ0) is 10.3. The zero-order valence-electron chi connectivity index (χ0n) is 10.2. The molecule has 76 valence electrons. The van der Waals surface area contributed by atoms with Crippen LogP contribution in [0.25, 0.3) is 0 Å². The second-order valence-electron chi connectivity index (χ2n) is 4.55. The second-order valence-corrected chi connectivity index (χ2v) is 4.55. The van der Waals surface area contributed by atoms with Crippen LogP contribution in [0.15, 0.2) is 0 Å². The number of hydrogen-bond donors (Lipinski definition) is 0. The molecule has 0 aromatic heterocycles. The standard InChI is InChI=1S/C6H14.C5H13N/c2*1-5(2)6(3)4/h5-6H,1-4H3;5H,1-4H3. The fourth-order valence-corrected chi connectivity index (χ4v) is 0. The van der Waals surface area contributed by atoms with Crippen molar-refractivity contribution in [1.82, 2.24) is 4.90 Å². The molecule has 0 radical (unpaired) electrons. The van der Waals surface area contributed by atoms with Gasteiger partial charge in [-0.2, -0.15) is 0 Å². The van der Waals surface area contributed by atoms with Crippen molar-refractivity contribution in [1.29, 1.82) is 0 Å². The lowest BCUT2D eigenvalue weighted by atomic mass is 10.0. The minimum Gasteiger partial charge on any atom is -0.307 e. The van der Waals surface area contributed by atoms with Crippen LogP contribution < -0.4 is 0 Å². The van der Waals surface area contributed by atoms with E-state index in [2.05, 4.69) is 60.5 Å². The summed E-state index contributed by atoms with van der Waals surface area (Å²) in [4.78, 5) is 2.17. The maximum absolute atomic E-state index is 2.24. The van der Waals surface area contributed by atoms with E-state index in [9.17, 15) is 0 Å². The third-order valence-electron chi connectivity index (χ3n) is 2.37. The van der Waals surface area contributed by atoms with Gasteiger partial charge in [0, 0.05) is 6.04 Å². The quantitative estimate of drug-likeness (QED) is 0.619. The SMILES string of the molecule is CC(C)C(C)C.CC(C)N(C)C. The molecule has 0 spiro atoms. The first-order valence-electron chi connectivity index (χ1n) is 4.95. The summed E-state index contributed by atoms with van der Waals surface area (Å²) in [6.07, 6.45) is 0. The van der Waals surface area contributed by atoms with E-state index in [1.807, 2.05) is 0 Å². The molecule has 0 saturated heterocycles. The number of rotatable bonds is 2. The number of hydrogen-bond acceptors (Lipinski definition) is 1. The van der Waals surface area contributed by atoms with Crippen LogP contribution in [0, 0.1) is 11.8 Å². The molecule has 0 aliphatic heterocycles. The fraction of sp³-hybridized carbons (Fsp3) is 1.00. The summed E-state index contributed by atoms with van der Waals surface area (Å²) in [5.74, 6) is 1.70. The fourth-order valence-electron chi connectivity index (χ4n) is 0. The first-order chi connectivity index (χ1) is 5.29. The molecular formula is C11H27N. The van der Waals surface area contributed by atoms with Crippen LogP contribution in [-0.4, -0.2) is 25.0 Å². The average Bonchev–Trinajstić information content (AvgIpc) is 1.88. The Hall–Kier alpha value is -0.0400. The largest absolute Gasteiger partial charge is 0.307 e. The first-order valence-corrected chi connectivity index (χ1v) is 4.95. The summed E-state index contributed by atoms with van der Waals surface area (Å²) in [7, 11) is 4.15. The second kappa shape index (κ2) is 7.60. The van der Waals surface area contributed by atoms with E-state index in [1.54, 1.807) is 0 Å². The van der Waals surface area contributed by atoms with E-state index in [1.165, 1.54) is 0 Å². The lowest BCUT2D eigenvalue weighted by Crippen LogP contribution is -2.20. The van der Waals surface area contributed by atoms with Gasteiger partial charge in [0.1, 0.15) is 0 Å². The molecule has 12 heavy (non-hydrogen) atoms. The molecular weight excluding hydrogens is 146 g/mol. The summed E-state index contributed by atoms with van der Waals surface area (Å²) in [5, 5.41) is 0. The van der Waals surface area contributed by atoms with E-state index in [4.69, 9.17) is 0 Å². The normalized spacial score (nSPS) is 11.0. The number of nitrogens with zero attached hydrogens (tertiary/aromatic N) is 1. The Morgan fingerprint density at radius 3 is 0.833 bits per heavy atom. The van der Waals surface area contributed by atoms with Crippen LogP contribution in [-0.2, 0) is 0 Å². The molecule has 0 rings (SSSR count). The van der Waals surface area contributed by atoms with Crippen LogP contribution in [0.2, 0.25) is 0 Å². The topological polar surface area (TPSA) is 3.24 Å². The van der Waals surface area contributed by atoms with E-state index < -0.39 is 0 Å². The lowest BCUT2D eigenvalue weighted by Gasteiger charge is -2.12. The van der Waals surface area contributed by atoms with Crippen LogP contribution in [0.3, 0.4) is 0 Å². The molecule has 0 amide bonds. The third-order valence-corrected chi connectivity index (χ3v) is 2.37. The average molecular weight is 173 g/mol. The van der Waals surface area contributed by atoms with E-state index in [-0.39, 0.29) is 0 Å². The van der Waals surface area contributed by atoms with Crippen molar-refractivity contribution in [3.8, 4) is 0 Å². The molecule has 1 nitrogen and oxygen atoms in total. The predicted molar refractivity (Wildman–Crippen MR) is 58.5 cm³/mol. The Labute approximate surface area is 79.2 Å². The van der Waals surface area contributed by atoms with Crippen molar-refractivity contribution >= 4 is 0 Å². The Morgan fingerprint density at radius 2 is 0.833 bits per heavy atom. The van der Waals surface area contributed by atoms with Crippen LogP contribution in [0.5, 0.6) is 0 Å². The van der Waals surface area contributed by atoms with Crippen molar-refractivity contribution in [2.24, 2.45) is 11.8 Å². The van der Waals surface area contributed by atoms with Gasteiger partial charge in [-0.3, -0.25) is 0 Å². The first kappa shape index (κ1) is 14.5. The van der Waals surface area contributed by atoms with E-state index in [0.29, 0.717) is 6.04 Å².